The Bertz CT molecular complexity index is 598. The highest BCUT2D eigenvalue weighted by atomic mass is 16.5. The molecule has 0 unspecified atom stereocenters. The molecule has 0 aliphatic heterocycles. The highest BCUT2D eigenvalue weighted by molar-refractivity contribution is 5.93. The Morgan fingerprint density at radius 2 is 1.80 bits per heavy atom. The van der Waals surface area contributed by atoms with Crippen molar-refractivity contribution in [2.45, 2.75) is 27.7 Å². The second-order valence-corrected chi connectivity index (χ2v) is 5.46. The smallest absolute Gasteiger partial charge is 0.230 e. The Kier molecular flexibility index (Phi) is 3.69. The van der Waals surface area contributed by atoms with Gasteiger partial charge in [0.2, 0.25) is 5.91 Å². The maximum atomic E-state index is 11.8. The Morgan fingerprint density at radius 3 is 2.30 bits per heavy atom. The van der Waals surface area contributed by atoms with Crippen LogP contribution in [0.3, 0.4) is 0 Å². The number of carbonyl (C=O) groups is 1. The van der Waals surface area contributed by atoms with Crippen molar-refractivity contribution in [2.75, 3.05) is 10.6 Å². The zero-order valence-corrected chi connectivity index (χ0v) is 11.9. The minimum atomic E-state index is -0.475. The fourth-order valence-corrected chi connectivity index (χ4v) is 1.33. The van der Waals surface area contributed by atoms with Gasteiger partial charge in [-0.25, -0.2) is 0 Å². The number of hydrogen-bond acceptors (Lipinski definition) is 6. The fraction of sp³-hybridized carbons (Fsp3) is 0.385. The summed E-state index contributed by atoms with van der Waals surface area (Å²) in [4.78, 5) is 11.8. The normalized spacial score (nSPS) is 11.2. The highest BCUT2D eigenvalue weighted by Gasteiger charge is 2.21. The lowest BCUT2D eigenvalue weighted by molar-refractivity contribution is -0.123. The summed E-state index contributed by atoms with van der Waals surface area (Å²) in [6, 6.07) is 5.12. The van der Waals surface area contributed by atoms with Gasteiger partial charge in [0.05, 0.1) is 0 Å². The molecule has 1 amide bonds. The Morgan fingerprint density at radius 1 is 1.15 bits per heavy atom. The fourth-order valence-electron chi connectivity index (χ4n) is 1.33. The first-order valence-corrected chi connectivity index (χ1v) is 6.20. The number of aryl methyl sites for hydroxylation is 1. The summed E-state index contributed by atoms with van der Waals surface area (Å²) < 4.78 is 4.93. The van der Waals surface area contributed by atoms with E-state index in [1.165, 1.54) is 0 Å². The number of hydrogen-bond donors (Lipinski definition) is 2. The third-order valence-corrected chi connectivity index (χ3v) is 2.47. The van der Waals surface area contributed by atoms with Crippen LogP contribution in [0.5, 0.6) is 0 Å². The van der Waals surface area contributed by atoms with Crippen molar-refractivity contribution in [3.05, 3.63) is 24.0 Å². The maximum absolute atomic E-state index is 11.8. The molecule has 2 rings (SSSR count). The van der Waals surface area contributed by atoms with E-state index in [1.54, 1.807) is 25.1 Å². The Hall–Kier alpha value is -2.44. The van der Waals surface area contributed by atoms with Crippen molar-refractivity contribution < 1.29 is 9.32 Å². The van der Waals surface area contributed by atoms with Crippen LogP contribution in [0.1, 0.15) is 26.5 Å². The first-order valence-electron chi connectivity index (χ1n) is 6.20. The van der Waals surface area contributed by atoms with E-state index in [2.05, 4.69) is 26.0 Å². The zero-order chi connectivity index (χ0) is 14.8. The summed E-state index contributed by atoms with van der Waals surface area (Å²) in [5, 5.41) is 17.3. The second kappa shape index (κ2) is 5.28. The third-order valence-electron chi connectivity index (χ3n) is 2.47. The van der Waals surface area contributed by atoms with E-state index in [9.17, 15) is 4.79 Å². The van der Waals surface area contributed by atoms with Gasteiger partial charge in [0.1, 0.15) is 5.76 Å². The molecule has 2 aromatic rings. The molecule has 0 radical (unpaired) electrons. The summed E-state index contributed by atoms with van der Waals surface area (Å²) >= 11 is 0. The molecule has 2 aromatic heterocycles. The number of amides is 1. The highest BCUT2D eigenvalue weighted by Crippen LogP contribution is 2.17. The van der Waals surface area contributed by atoms with E-state index in [4.69, 9.17) is 4.52 Å². The molecule has 0 atom stereocenters. The minimum absolute atomic E-state index is 0.111. The van der Waals surface area contributed by atoms with Gasteiger partial charge in [-0.2, -0.15) is 0 Å². The first kappa shape index (κ1) is 14.0. The van der Waals surface area contributed by atoms with E-state index >= 15 is 0 Å². The summed E-state index contributed by atoms with van der Waals surface area (Å²) in [7, 11) is 0. The number of carbonyl (C=O) groups excluding carboxylic acids is 1. The molecule has 106 valence electrons. The van der Waals surface area contributed by atoms with E-state index in [0.717, 1.165) is 0 Å². The second-order valence-electron chi connectivity index (χ2n) is 5.46. The van der Waals surface area contributed by atoms with Gasteiger partial charge >= 0.3 is 0 Å². The molecule has 7 heteroatoms. The van der Waals surface area contributed by atoms with Crippen LogP contribution in [0.15, 0.2) is 22.7 Å². The standard InChI is InChI=1S/C13H17N5O2/c1-8-7-11(18-20-8)14-9-5-6-10(17-16-9)15-12(19)13(2,3)4/h5-7H,1-4H3,(H,14,16,18)(H,15,17,19). The molecule has 2 N–H and O–H groups in total. The lowest BCUT2D eigenvalue weighted by atomic mass is 9.96. The van der Waals surface area contributed by atoms with Crippen molar-refractivity contribution in [1.29, 1.82) is 0 Å². The molecule has 0 aliphatic carbocycles. The maximum Gasteiger partial charge on any atom is 0.230 e. The van der Waals surface area contributed by atoms with Crippen LogP contribution in [0.2, 0.25) is 0 Å². The molecule has 7 nitrogen and oxygen atoms in total. The van der Waals surface area contributed by atoms with Gasteiger partial charge in [-0.1, -0.05) is 25.9 Å². The minimum Gasteiger partial charge on any atom is -0.360 e. The molecular formula is C13H17N5O2. The van der Waals surface area contributed by atoms with Gasteiger partial charge in [0.25, 0.3) is 0 Å². The van der Waals surface area contributed by atoms with Crippen molar-refractivity contribution in [1.82, 2.24) is 15.4 Å². The summed E-state index contributed by atoms with van der Waals surface area (Å²) in [6.07, 6.45) is 0. The van der Waals surface area contributed by atoms with Crippen LogP contribution < -0.4 is 10.6 Å². The van der Waals surface area contributed by atoms with Crippen LogP contribution in [-0.4, -0.2) is 21.3 Å². The van der Waals surface area contributed by atoms with E-state index in [0.29, 0.717) is 23.2 Å². The number of aromatic nitrogens is 3. The molecule has 0 spiro atoms. The van der Waals surface area contributed by atoms with Gasteiger partial charge in [-0.15, -0.1) is 10.2 Å². The van der Waals surface area contributed by atoms with Crippen LogP contribution in [0.4, 0.5) is 17.5 Å². The Balaban J connectivity index is 2.01. The van der Waals surface area contributed by atoms with E-state index < -0.39 is 5.41 Å². The Labute approximate surface area is 116 Å². The largest absolute Gasteiger partial charge is 0.360 e. The number of nitrogens with one attached hydrogen (secondary N) is 2. The van der Waals surface area contributed by atoms with Crippen molar-refractivity contribution in [3.8, 4) is 0 Å². The van der Waals surface area contributed by atoms with Gasteiger partial charge in [-0.05, 0) is 19.1 Å². The average molecular weight is 275 g/mol. The molecule has 0 saturated heterocycles. The van der Waals surface area contributed by atoms with Gasteiger partial charge < -0.3 is 15.2 Å². The number of rotatable bonds is 3. The molecule has 0 bridgehead atoms. The number of nitrogens with zero attached hydrogens (tertiary/aromatic N) is 3. The molecule has 2 heterocycles. The lowest BCUT2D eigenvalue weighted by Gasteiger charge is -2.16. The molecule has 0 aromatic carbocycles. The van der Waals surface area contributed by atoms with Crippen LogP contribution in [0, 0.1) is 12.3 Å². The predicted molar refractivity (Wildman–Crippen MR) is 74.6 cm³/mol. The molecule has 0 saturated carbocycles. The van der Waals surface area contributed by atoms with Crippen LogP contribution in [-0.2, 0) is 4.79 Å². The summed E-state index contributed by atoms with van der Waals surface area (Å²) in [5.41, 5.74) is -0.475. The van der Waals surface area contributed by atoms with E-state index in [-0.39, 0.29) is 5.91 Å². The third kappa shape index (κ3) is 3.53. The van der Waals surface area contributed by atoms with Crippen molar-refractivity contribution in [2.24, 2.45) is 5.41 Å². The van der Waals surface area contributed by atoms with Crippen LogP contribution in [0.25, 0.3) is 0 Å². The zero-order valence-electron chi connectivity index (χ0n) is 11.9. The quantitative estimate of drug-likeness (QED) is 0.894. The summed E-state index contributed by atoms with van der Waals surface area (Å²) in [6.45, 7) is 7.30. The summed E-state index contributed by atoms with van der Waals surface area (Å²) in [5.74, 6) is 2.08. The first-order chi connectivity index (χ1) is 9.34. The van der Waals surface area contributed by atoms with Crippen LogP contribution >= 0.6 is 0 Å². The van der Waals surface area contributed by atoms with Gasteiger partial charge in [-0.3, -0.25) is 4.79 Å². The van der Waals surface area contributed by atoms with E-state index in [1.807, 2.05) is 20.8 Å². The molecule has 0 fully saturated rings. The SMILES string of the molecule is Cc1cc(Nc2ccc(NC(=O)C(C)(C)C)nn2)no1. The lowest BCUT2D eigenvalue weighted by Crippen LogP contribution is -2.28. The molecule has 20 heavy (non-hydrogen) atoms. The predicted octanol–water partition coefficient (Wildman–Crippen LogP) is 2.50. The average Bonchev–Trinajstić information content (AvgIpc) is 2.76. The van der Waals surface area contributed by atoms with Gasteiger partial charge in [0, 0.05) is 11.5 Å². The topological polar surface area (TPSA) is 92.9 Å². The monoisotopic (exact) mass is 275 g/mol. The van der Waals surface area contributed by atoms with Crippen molar-refractivity contribution in [3.63, 3.8) is 0 Å². The molecule has 0 aliphatic rings. The molecular weight excluding hydrogens is 258 g/mol. The van der Waals surface area contributed by atoms with Crippen molar-refractivity contribution >= 4 is 23.4 Å². The number of anilines is 3. The van der Waals surface area contributed by atoms with Gasteiger partial charge in [0.15, 0.2) is 17.5 Å².